The average molecular weight is 392 g/mol. The van der Waals surface area contributed by atoms with E-state index in [4.69, 9.17) is 5.21 Å². The first-order valence-corrected chi connectivity index (χ1v) is 9.58. The molecule has 0 saturated carbocycles. The molecule has 2 aromatic rings. The van der Waals surface area contributed by atoms with Gasteiger partial charge in [-0.2, -0.15) is 0 Å². The first-order valence-electron chi connectivity index (χ1n) is 9.58. The summed E-state index contributed by atoms with van der Waals surface area (Å²) >= 11 is 0. The third-order valence-corrected chi connectivity index (χ3v) is 4.95. The maximum Gasteiger partial charge on any atom is 0.274 e. The fourth-order valence-electron chi connectivity index (χ4n) is 3.55. The van der Waals surface area contributed by atoms with Gasteiger partial charge in [0.25, 0.3) is 11.8 Å². The van der Waals surface area contributed by atoms with Gasteiger partial charge in [0, 0.05) is 30.6 Å². The Morgan fingerprint density at radius 1 is 1.10 bits per heavy atom. The summed E-state index contributed by atoms with van der Waals surface area (Å²) in [4.78, 5) is 38.4. The van der Waals surface area contributed by atoms with Gasteiger partial charge in [-0.1, -0.05) is 36.4 Å². The molecule has 0 saturated heterocycles. The molecule has 2 N–H and O–H groups in total. The molecular weight excluding hydrogens is 368 g/mol. The number of hydroxylamine groups is 1. The fraction of sp³-hybridized carbons (Fsp3) is 0.261. The van der Waals surface area contributed by atoms with E-state index >= 15 is 0 Å². The number of nitrogens with zero attached hydrogens (tertiary/aromatic N) is 1. The van der Waals surface area contributed by atoms with Crippen LogP contribution in [-0.4, -0.2) is 34.2 Å². The van der Waals surface area contributed by atoms with Crippen LogP contribution in [0.5, 0.6) is 0 Å². The van der Waals surface area contributed by atoms with Gasteiger partial charge in [-0.05, 0) is 54.7 Å². The number of amides is 2. The smallest absolute Gasteiger partial charge is 0.274 e. The van der Waals surface area contributed by atoms with E-state index in [2.05, 4.69) is 0 Å². The molecule has 2 amide bonds. The molecule has 6 heteroatoms. The Morgan fingerprint density at radius 2 is 1.86 bits per heavy atom. The van der Waals surface area contributed by atoms with Crippen LogP contribution >= 0.6 is 0 Å². The highest BCUT2D eigenvalue weighted by atomic mass is 16.5. The molecule has 29 heavy (non-hydrogen) atoms. The molecular formula is C23H24N2O4. The maximum absolute atomic E-state index is 13.2. The van der Waals surface area contributed by atoms with E-state index in [9.17, 15) is 14.4 Å². The number of fused-ring (bicyclic) bond motifs is 1. The second-order valence-electron chi connectivity index (χ2n) is 7.21. The topological polar surface area (TPSA) is 86.7 Å². The predicted molar refractivity (Wildman–Crippen MR) is 109 cm³/mol. The van der Waals surface area contributed by atoms with Gasteiger partial charge in [-0.15, -0.1) is 0 Å². The number of nitrogens with one attached hydrogen (secondary N) is 1. The number of carbonyl (C=O) groups is 3. The Bertz CT molecular complexity index is 951. The summed E-state index contributed by atoms with van der Waals surface area (Å²) in [5.74, 6) is -0.760. The summed E-state index contributed by atoms with van der Waals surface area (Å²) in [7, 11) is 0. The van der Waals surface area contributed by atoms with Crippen molar-refractivity contribution in [3.63, 3.8) is 0 Å². The number of benzene rings is 2. The number of Topliss-reactive ketones (excluding diaryl/α,β-unsaturated/α-hetero) is 1. The van der Waals surface area contributed by atoms with Crippen LogP contribution in [0, 0.1) is 0 Å². The van der Waals surface area contributed by atoms with Crippen molar-refractivity contribution in [1.82, 2.24) is 10.4 Å². The number of carbonyl (C=O) groups excluding carboxylic acids is 3. The Hall–Kier alpha value is -3.25. The minimum Gasteiger partial charge on any atom is -0.335 e. The van der Waals surface area contributed by atoms with E-state index in [1.807, 2.05) is 36.4 Å². The number of rotatable bonds is 5. The van der Waals surface area contributed by atoms with Crippen LogP contribution in [0.15, 0.2) is 54.1 Å². The highest BCUT2D eigenvalue weighted by Gasteiger charge is 2.23. The van der Waals surface area contributed by atoms with E-state index < -0.39 is 5.91 Å². The van der Waals surface area contributed by atoms with Gasteiger partial charge in [-0.25, -0.2) is 5.48 Å². The van der Waals surface area contributed by atoms with Crippen molar-refractivity contribution in [2.75, 3.05) is 6.54 Å². The van der Waals surface area contributed by atoms with E-state index in [-0.39, 0.29) is 18.1 Å². The van der Waals surface area contributed by atoms with Crippen molar-refractivity contribution in [3.8, 4) is 0 Å². The number of hydrogen-bond donors (Lipinski definition) is 2. The molecule has 1 aliphatic heterocycles. The predicted octanol–water partition coefficient (Wildman–Crippen LogP) is 3.14. The third-order valence-electron chi connectivity index (χ3n) is 4.95. The second kappa shape index (κ2) is 9.30. The first-order chi connectivity index (χ1) is 14.0. The van der Waals surface area contributed by atoms with Gasteiger partial charge in [0.2, 0.25) is 0 Å². The average Bonchev–Trinajstić information content (AvgIpc) is 2.94. The molecule has 2 aromatic carbocycles. The van der Waals surface area contributed by atoms with Crippen LogP contribution < -0.4 is 5.48 Å². The van der Waals surface area contributed by atoms with Crippen molar-refractivity contribution in [1.29, 1.82) is 0 Å². The van der Waals surface area contributed by atoms with Gasteiger partial charge in [0.15, 0.2) is 0 Å². The molecule has 0 bridgehead atoms. The van der Waals surface area contributed by atoms with Crippen LogP contribution in [0.4, 0.5) is 0 Å². The van der Waals surface area contributed by atoms with Crippen molar-refractivity contribution < 1.29 is 19.6 Å². The van der Waals surface area contributed by atoms with Gasteiger partial charge in [0.1, 0.15) is 5.78 Å². The van der Waals surface area contributed by atoms with Crippen molar-refractivity contribution in [2.45, 2.75) is 32.7 Å². The van der Waals surface area contributed by atoms with Gasteiger partial charge in [-0.3, -0.25) is 19.6 Å². The lowest BCUT2D eigenvalue weighted by Crippen LogP contribution is -2.32. The molecule has 0 atom stereocenters. The molecule has 0 aromatic heterocycles. The van der Waals surface area contributed by atoms with E-state index in [1.165, 1.54) is 6.92 Å². The van der Waals surface area contributed by atoms with Crippen LogP contribution in [0.1, 0.15) is 46.8 Å². The lowest BCUT2D eigenvalue weighted by atomic mass is 10.0. The number of aryl methyl sites for hydroxylation is 1. The maximum atomic E-state index is 13.2. The highest BCUT2D eigenvalue weighted by molar-refractivity contribution is 6.02. The summed E-state index contributed by atoms with van der Waals surface area (Å²) in [5, 5.41) is 8.83. The first kappa shape index (κ1) is 20.5. The van der Waals surface area contributed by atoms with E-state index in [0.717, 1.165) is 29.5 Å². The summed E-state index contributed by atoms with van der Waals surface area (Å²) in [5.41, 5.74) is 5.34. The van der Waals surface area contributed by atoms with Crippen LogP contribution in [0.3, 0.4) is 0 Å². The Kier molecular flexibility index (Phi) is 6.57. The molecule has 0 unspecified atom stereocenters. The monoisotopic (exact) mass is 392 g/mol. The Balaban J connectivity index is 1.86. The normalized spacial score (nSPS) is 14.0. The Labute approximate surface area is 169 Å². The Morgan fingerprint density at radius 3 is 2.55 bits per heavy atom. The molecule has 6 nitrogen and oxygen atoms in total. The second-order valence-corrected chi connectivity index (χ2v) is 7.21. The summed E-state index contributed by atoms with van der Waals surface area (Å²) in [6.07, 6.45) is 3.36. The molecule has 1 aliphatic rings. The molecule has 0 fully saturated rings. The quantitative estimate of drug-likeness (QED) is 0.465. The van der Waals surface area contributed by atoms with E-state index in [0.29, 0.717) is 24.2 Å². The largest absolute Gasteiger partial charge is 0.335 e. The van der Waals surface area contributed by atoms with Gasteiger partial charge < -0.3 is 4.90 Å². The number of hydrogen-bond acceptors (Lipinski definition) is 4. The molecule has 0 aliphatic carbocycles. The van der Waals surface area contributed by atoms with Gasteiger partial charge >= 0.3 is 0 Å². The van der Waals surface area contributed by atoms with E-state index in [1.54, 1.807) is 28.6 Å². The molecule has 3 rings (SSSR count). The zero-order chi connectivity index (χ0) is 20.8. The van der Waals surface area contributed by atoms with Crippen LogP contribution in [0.25, 0.3) is 6.08 Å². The standard InChI is InChI=1S/C23H24N2O4/c1-16(26)12-21(13-17-6-3-2-4-7-17)23(28)25-11-5-8-18-14-19(22(27)24-29)9-10-20(18)15-25/h2-4,6-7,9-10,13-14,29H,5,8,11-12,15H2,1H3,(H,24,27)/b21-13+. The summed E-state index contributed by atoms with van der Waals surface area (Å²) < 4.78 is 0. The van der Waals surface area contributed by atoms with Crippen molar-refractivity contribution in [2.24, 2.45) is 0 Å². The molecule has 0 spiro atoms. The highest BCUT2D eigenvalue weighted by Crippen LogP contribution is 2.23. The lowest BCUT2D eigenvalue weighted by molar-refractivity contribution is -0.129. The fourth-order valence-corrected chi connectivity index (χ4v) is 3.55. The summed E-state index contributed by atoms with van der Waals surface area (Å²) in [6, 6.07) is 14.7. The van der Waals surface area contributed by atoms with Crippen LogP contribution in [0.2, 0.25) is 0 Å². The molecule has 0 radical (unpaired) electrons. The van der Waals surface area contributed by atoms with Gasteiger partial charge in [0.05, 0.1) is 0 Å². The van der Waals surface area contributed by atoms with Crippen LogP contribution in [-0.2, 0) is 22.6 Å². The lowest BCUT2D eigenvalue weighted by Gasteiger charge is -2.22. The zero-order valence-electron chi connectivity index (χ0n) is 16.4. The third kappa shape index (κ3) is 5.18. The SMILES string of the molecule is CC(=O)C/C(=C\c1ccccc1)C(=O)N1CCCc2cc(C(=O)NO)ccc2C1. The number of ketones is 1. The summed E-state index contributed by atoms with van der Waals surface area (Å²) in [6.45, 7) is 2.47. The zero-order valence-corrected chi connectivity index (χ0v) is 16.4. The van der Waals surface area contributed by atoms with Crippen molar-refractivity contribution in [3.05, 3.63) is 76.4 Å². The minimum absolute atomic E-state index is 0.0598. The molecule has 1 heterocycles. The minimum atomic E-state index is -0.556. The van der Waals surface area contributed by atoms with Crippen molar-refractivity contribution >= 4 is 23.7 Å². The molecule has 150 valence electrons.